The highest BCUT2D eigenvalue weighted by Gasteiger charge is 2.32. The number of nitrogens with zero attached hydrogens (tertiary/aromatic N) is 1. The lowest BCUT2D eigenvalue weighted by Crippen LogP contribution is -2.47. The molecule has 0 saturated carbocycles. The number of carbonyl (C=O) groups is 1. The van der Waals surface area contributed by atoms with Gasteiger partial charge < -0.3 is 15.7 Å². The summed E-state index contributed by atoms with van der Waals surface area (Å²) in [5, 5.41) is 9.08. The summed E-state index contributed by atoms with van der Waals surface area (Å²) in [6, 6.07) is 0.628. The lowest BCUT2D eigenvalue weighted by atomic mass is 9.92. The van der Waals surface area contributed by atoms with E-state index >= 15 is 0 Å². The number of likely N-dealkylation sites (tertiary alicyclic amines) is 1. The van der Waals surface area contributed by atoms with E-state index in [1.165, 1.54) is 6.42 Å². The molecular formula is C13H26N2O2. The molecule has 3 unspecified atom stereocenters. The maximum atomic E-state index is 11.1. The van der Waals surface area contributed by atoms with Crippen LogP contribution in [0.1, 0.15) is 46.5 Å². The second kappa shape index (κ2) is 5.83. The fourth-order valence-corrected chi connectivity index (χ4v) is 2.73. The number of rotatable bonds is 6. The number of carboxylic acid groups (broad SMARTS) is 1. The third-order valence-electron chi connectivity index (χ3n) is 4.04. The molecule has 4 nitrogen and oxygen atoms in total. The summed E-state index contributed by atoms with van der Waals surface area (Å²) in [4.78, 5) is 13.5. The molecule has 0 amide bonds. The van der Waals surface area contributed by atoms with Crippen molar-refractivity contribution < 1.29 is 9.90 Å². The Morgan fingerprint density at radius 3 is 2.59 bits per heavy atom. The van der Waals surface area contributed by atoms with Crippen LogP contribution in [0.4, 0.5) is 0 Å². The molecule has 100 valence electrons. The van der Waals surface area contributed by atoms with E-state index in [0.29, 0.717) is 18.9 Å². The fourth-order valence-electron chi connectivity index (χ4n) is 2.73. The Balaban J connectivity index is 2.34. The second-order valence-corrected chi connectivity index (χ2v) is 5.60. The van der Waals surface area contributed by atoms with Crippen molar-refractivity contribution in [3.8, 4) is 0 Å². The molecule has 1 aliphatic rings. The predicted molar refractivity (Wildman–Crippen MR) is 68.9 cm³/mol. The topological polar surface area (TPSA) is 66.6 Å². The summed E-state index contributed by atoms with van der Waals surface area (Å²) in [7, 11) is 0. The van der Waals surface area contributed by atoms with Crippen LogP contribution in [0.3, 0.4) is 0 Å². The summed E-state index contributed by atoms with van der Waals surface area (Å²) < 4.78 is 0. The lowest BCUT2D eigenvalue weighted by molar-refractivity contribution is -0.143. The van der Waals surface area contributed by atoms with E-state index in [4.69, 9.17) is 10.8 Å². The Bertz CT molecular complexity index is 270. The molecule has 1 aliphatic heterocycles. The Morgan fingerprint density at radius 1 is 1.53 bits per heavy atom. The van der Waals surface area contributed by atoms with Gasteiger partial charge in [-0.1, -0.05) is 13.8 Å². The molecule has 0 bridgehead atoms. The fraction of sp³-hybridized carbons (Fsp3) is 0.923. The third-order valence-corrected chi connectivity index (χ3v) is 4.04. The molecule has 0 aromatic heterocycles. The van der Waals surface area contributed by atoms with Gasteiger partial charge in [-0.15, -0.1) is 0 Å². The molecule has 0 radical (unpaired) electrons. The minimum absolute atomic E-state index is 0.494. The molecule has 0 aliphatic carbocycles. The van der Waals surface area contributed by atoms with Crippen molar-refractivity contribution >= 4 is 5.97 Å². The Labute approximate surface area is 104 Å². The van der Waals surface area contributed by atoms with E-state index < -0.39 is 11.5 Å². The lowest BCUT2D eigenvalue weighted by Gasteiger charge is -2.26. The summed E-state index contributed by atoms with van der Waals surface area (Å²) in [5.41, 5.74) is 4.84. The number of aliphatic carboxylic acids is 1. The van der Waals surface area contributed by atoms with Crippen LogP contribution in [0.15, 0.2) is 0 Å². The van der Waals surface area contributed by atoms with Gasteiger partial charge in [-0.2, -0.15) is 0 Å². The van der Waals surface area contributed by atoms with E-state index in [1.807, 2.05) is 6.92 Å². The van der Waals surface area contributed by atoms with Crippen molar-refractivity contribution in [2.24, 2.45) is 11.7 Å². The van der Waals surface area contributed by atoms with Crippen LogP contribution in [0.5, 0.6) is 0 Å². The molecule has 17 heavy (non-hydrogen) atoms. The summed E-state index contributed by atoms with van der Waals surface area (Å²) in [6.07, 6.45) is 3.18. The maximum Gasteiger partial charge on any atom is 0.323 e. The van der Waals surface area contributed by atoms with E-state index in [2.05, 4.69) is 18.7 Å². The van der Waals surface area contributed by atoms with Crippen molar-refractivity contribution in [1.82, 2.24) is 4.90 Å². The highest BCUT2D eigenvalue weighted by Crippen LogP contribution is 2.23. The zero-order chi connectivity index (χ0) is 13.1. The molecule has 1 heterocycles. The van der Waals surface area contributed by atoms with Crippen molar-refractivity contribution in [2.75, 3.05) is 13.1 Å². The third kappa shape index (κ3) is 3.68. The van der Waals surface area contributed by atoms with Gasteiger partial charge in [-0.05, 0) is 45.1 Å². The minimum atomic E-state index is -1.03. The van der Waals surface area contributed by atoms with Crippen LogP contribution in [-0.4, -0.2) is 40.6 Å². The van der Waals surface area contributed by atoms with Gasteiger partial charge in [0.1, 0.15) is 5.54 Å². The zero-order valence-electron chi connectivity index (χ0n) is 11.3. The normalized spacial score (nSPS) is 29.2. The smallest absolute Gasteiger partial charge is 0.323 e. The van der Waals surface area contributed by atoms with Crippen LogP contribution in [0, 0.1) is 5.92 Å². The average Bonchev–Trinajstić information content (AvgIpc) is 2.57. The predicted octanol–water partition coefficient (Wildman–Crippen LogP) is 1.69. The maximum absolute atomic E-state index is 11.1. The highest BCUT2D eigenvalue weighted by molar-refractivity contribution is 5.78. The highest BCUT2D eigenvalue weighted by atomic mass is 16.4. The van der Waals surface area contributed by atoms with Gasteiger partial charge in [0.05, 0.1) is 0 Å². The molecule has 1 rings (SSSR count). The molecular weight excluding hydrogens is 216 g/mol. The van der Waals surface area contributed by atoms with Gasteiger partial charge in [-0.25, -0.2) is 0 Å². The molecule has 0 aromatic rings. The number of nitrogens with two attached hydrogens (primary N) is 1. The van der Waals surface area contributed by atoms with Crippen LogP contribution < -0.4 is 5.73 Å². The van der Waals surface area contributed by atoms with E-state index in [1.54, 1.807) is 0 Å². The van der Waals surface area contributed by atoms with Gasteiger partial charge in [0, 0.05) is 12.6 Å². The molecule has 1 saturated heterocycles. The Morgan fingerprint density at radius 2 is 2.18 bits per heavy atom. The van der Waals surface area contributed by atoms with Crippen LogP contribution in [0.2, 0.25) is 0 Å². The van der Waals surface area contributed by atoms with Crippen LogP contribution in [-0.2, 0) is 4.79 Å². The van der Waals surface area contributed by atoms with Crippen LogP contribution >= 0.6 is 0 Å². The van der Waals surface area contributed by atoms with Crippen molar-refractivity contribution in [3.63, 3.8) is 0 Å². The Kier molecular flexibility index (Phi) is 4.95. The number of hydrogen-bond acceptors (Lipinski definition) is 3. The molecule has 3 N–H and O–H groups in total. The summed E-state index contributed by atoms with van der Waals surface area (Å²) >= 11 is 0. The second-order valence-electron chi connectivity index (χ2n) is 5.60. The first kappa shape index (κ1) is 14.5. The monoisotopic (exact) mass is 242 g/mol. The van der Waals surface area contributed by atoms with E-state index in [0.717, 1.165) is 25.4 Å². The molecule has 0 spiro atoms. The van der Waals surface area contributed by atoms with Crippen molar-refractivity contribution in [2.45, 2.75) is 58.0 Å². The van der Waals surface area contributed by atoms with Gasteiger partial charge in [-0.3, -0.25) is 4.79 Å². The SMILES string of the molecule is CCC(N)(CCCN1CC(C)CC1C)C(=O)O. The minimum Gasteiger partial charge on any atom is -0.480 e. The van der Waals surface area contributed by atoms with Gasteiger partial charge in [0.2, 0.25) is 0 Å². The number of carboxylic acids is 1. The van der Waals surface area contributed by atoms with E-state index in [9.17, 15) is 4.79 Å². The first-order chi connectivity index (χ1) is 7.89. The molecule has 4 heteroatoms. The molecule has 3 atom stereocenters. The van der Waals surface area contributed by atoms with E-state index in [-0.39, 0.29) is 0 Å². The summed E-state index contributed by atoms with van der Waals surface area (Å²) in [5.74, 6) is -0.110. The summed E-state index contributed by atoms with van der Waals surface area (Å²) in [6.45, 7) is 8.47. The van der Waals surface area contributed by atoms with Crippen molar-refractivity contribution in [1.29, 1.82) is 0 Å². The first-order valence-corrected chi connectivity index (χ1v) is 6.65. The molecule has 1 fully saturated rings. The van der Waals surface area contributed by atoms with Gasteiger partial charge >= 0.3 is 5.97 Å². The van der Waals surface area contributed by atoms with Crippen LogP contribution in [0.25, 0.3) is 0 Å². The number of hydrogen-bond donors (Lipinski definition) is 2. The zero-order valence-corrected chi connectivity index (χ0v) is 11.3. The van der Waals surface area contributed by atoms with Gasteiger partial charge in [0.15, 0.2) is 0 Å². The molecule has 0 aromatic carbocycles. The van der Waals surface area contributed by atoms with Gasteiger partial charge in [0.25, 0.3) is 0 Å². The quantitative estimate of drug-likeness (QED) is 0.744. The largest absolute Gasteiger partial charge is 0.480 e. The van der Waals surface area contributed by atoms with Crippen molar-refractivity contribution in [3.05, 3.63) is 0 Å². The standard InChI is InChI=1S/C13H26N2O2/c1-4-13(14,12(16)17)6-5-7-15-9-10(2)8-11(15)3/h10-11H,4-9,14H2,1-3H3,(H,16,17). The first-order valence-electron chi connectivity index (χ1n) is 6.65. The average molecular weight is 242 g/mol. The Hall–Kier alpha value is -0.610.